The van der Waals surface area contributed by atoms with Gasteiger partial charge in [-0.05, 0) is 29.2 Å². The Hall–Kier alpha value is -0.630. The van der Waals surface area contributed by atoms with Crippen LogP contribution in [0.3, 0.4) is 0 Å². The van der Waals surface area contributed by atoms with Crippen LogP contribution in [0.5, 0.6) is 0 Å². The molecule has 2 heteroatoms. The molecule has 0 saturated carbocycles. The van der Waals surface area contributed by atoms with Crippen LogP contribution in [0.1, 0.15) is 38.8 Å². The van der Waals surface area contributed by atoms with Crippen molar-refractivity contribution < 1.29 is 0 Å². The molecule has 1 heterocycles. The number of halogens is 1. The average Bonchev–Trinajstić information content (AvgIpc) is 2.18. The van der Waals surface area contributed by atoms with Crippen LogP contribution >= 0.6 is 15.9 Å². The Bertz CT molecular complexity index is 444. The summed E-state index contributed by atoms with van der Waals surface area (Å²) in [6, 6.07) is 6.55. The molecule has 0 unspecified atom stereocenters. The zero-order valence-electron chi connectivity index (χ0n) is 10.3. The fourth-order valence-electron chi connectivity index (χ4n) is 2.25. The van der Waals surface area contributed by atoms with Crippen molar-refractivity contribution in [2.24, 2.45) is 10.9 Å². The van der Waals surface area contributed by atoms with Gasteiger partial charge in [0.2, 0.25) is 0 Å². The van der Waals surface area contributed by atoms with Crippen LogP contribution in [0.2, 0.25) is 0 Å². The minimum Gasteiger partial charge on any atom is -0.288 e. The van der Waals surface area contributed by atoms with Crippen molar-refractivity contribution >= 4 is 21.6 Å². The molecule has 16 heavy (non-hydrogen) atoms. The number of hydrogen-bond donors (Lipinski definition) is 0. The summed E-state index contributed by atoms with van der Waals surface area (Å²) in [4.78, 5) is 4.75. The van der Waals surface area contributed by atoms with Gasteiger partial charge in [-0.3, -0.25) is 4.99 Å². The summed E-state index contributed by atoms with van der Waals surface area (Å²) >= 11 is 3.56. The van der Waals surface area contributed by atoms with Gasteiger partial charge in [-0.25, -0.2) is 0 Å². The molecule has 86 valence electrons. The molecule has 1 aliphatic heterocycles. The lowest BCUT2D eigenvalue weighted by Gasteiger charge is -2.32. The van der Waals surface area contributed by atoms with E-state index in [0.717, 1.165) is 11.0 Å². The normalized spacial score (nSPS) is 18.2. The Labute approximate surface area is 106 Å². The Balaban J connectivity index is 2.61. The fraction of sp³-hybridized carbons (Fsp3) is 0.500. The standard InChI is InChI=1S/C14H18BrN/c1-9(2)13-11-6-5-10(15)7-12(11)14(3,4)8-16-13/h5-7,9H,8H2,1-4H3. The van der Waals surface area contributed by atoms with E-state index in [1.54, 1.807) is 0 Å². The van der Waals surface area contributed by atoms with Crippen LogP contribution in [0, 0.1) is 5.92 Å². The van der Waals surface area contributed by atoms with Crippen molar-refractivity contribution in [3.05, 3.63) is 33.8 Å². The molecule has 0 fully saturated rings. The summed E-state index contributed by atoms with van der Waals surface area (Å²) in [5.74, 6) is 0.496. The van der Waals surface area contributed by atoms with Crippen LogP contribution < -0.4 is 0 Å². The summed E-state index contributed by atoms with van der Waals surface area (Å²) < 4.78 is 1.16. The number of fused-ring (bicyclic) bond motifs is 1. The topological polar surface area (TPSA) is 12.4 Å². The van der Waals surface area contributed by atoms with Crippen LogP contribution in [-0.4, -0.2) is 12.3 Å². The molecule has 2 rings (SSSR count). The summed E-state index contributed by atoms with van der Waals surface area (Å²) in [5.41, 5.74) is 4.15. The third-order valence-corrected chi connectivity index (χ3v) is 3.67. The zero-order chi connectivity index (χ0) is 11.9. The van der Waals surface area contributed by atoms with Gasteiger partial charge in [-0.1, -0.05) is 49.7 Å². The van der Waals surface area contributed by atoms with Gasteiger partial charge in [0.15, 0.2) is 0 Å². The van der Waals surface area contributed by atoms with E-state index in [0.29, 0.717) is 5.92 Å². The summed E-state index contributed by atoms with van der Waals surface area (Å²) in [6.45, 7) is 9.84. The molecule has 0 bridgehead atoms. The van der Waals surface area contributed by atoms with Crippen LogP contribution in [0.15, 0.2) is 27.7 Å². The highest BCUT2D eigenvalue weighted by atomic mass is 79.9. The van der Waals surface area contributed by atoms with Gasteiger partial charge in [0, 0.05) is 22.1 Å². The summed E-state index contributed by atoms with van der Waals surface area (Å²) in [7, 11) is 0. The van der Waals surface area contributed by atoms with Gasteiger partial charge in [0.1, 0.15) is 0 Å². The number of aliphatic imine (C=N–C) groups is 1. The average molecular weight is 280 g/mol. The van der Waals surface area contributed by atoms with Crippen LogP contribution in [0.25, 0.3) is 0 Å². The number of hydrogen-bond acceptors (Lipinski definition) is 1. The first-order valence-electron chi connectivity index (χ1n) is 5.76. The molecule has 0 spiro atoms. The van der Waals surface area contributed by atoms with Crippen molar-refractivity contribution in [2.45, 2.75) is 33.1 Å². The Morgan fingerprint density at radius 3 is 2.62 bits per heavy atom. The van der Waals surface area contributed by atoms with E-state index in [2.05, 4.69) is 61.8 Å². The molecular formula is C14H18BrN. The van der Waals surface area contributed by atoms with E-state index < -0.39 is 0 Å². The van der Waals surface area contributed by atoms with E-state index in [-0.39, 0.29) is 5.41 Å². The smallest absolute Gasteiger partial charge is 0.0484 e. The Morgan fingerprint density at radius 1 is 1.31 bits per heavy atom. The lowest BCUT2D eigenvalue weighted by molar-refractivity contribution is 0.528. The van der Waals surface area contributed by atoms with Gasteiger partial charge < -0.3 is 0 Å². The molecule has 1 nitrogen and oxygen atoms in total. The zero-order valence-corrected chi connectivity index (χ0v) is 11.9. The monoisotopic (exact) mass is 279 g/mol. The maximum Gasteiger partial charge on any atom is 0.0484 e. The SMILES string of the molecule is CC(C)C1=NCC(C)(C)c2cc(Br)ccc21. The lowest BCUT2D eigenvalue weighted by Crippen LogP contribution is -2.31. The number of benzene rings is 1. The second-order valence-electron chi connectivity index (χ2n) is 5.43. The molecule has 0 aromatic heterocycles. The molecule has 1 aromatic rings. The number of rotatable bonds is 1. The first-order valence-corrected chi connectivity index (χ1v) is 6.56. The van der Waals surface area contributed by atoms with Gasteiger partial charge in [-0.15, -0.1) is 0 Å². The van der Waals surface area contributed by atoms with Gasteiger partial charge in [-0.2, -0.15) is 0 Å². The third kappa shape index (κ3) is 1.95. The van der Waals surface area contributed by atoms with Crippen molar-refractivity contribution in [1.82, 2.24) is 0 Å². The maximum atomic E-state index is 4.75. The molecule has 0 atom stereocenters. The molecule has 0 saturated heterocycles. The van der Waals surface area contributed by atoms with Crippen LogP contribution in [-0.2, 0) is 5.41 Å². The minimum atomic E-state index is 0.150. The lowest BCUT2D eigenvalue weighted by atomic mass is 9.77. The predicted molar refractivity (Wildman–Crippen MR) is 73.4 cm³/mol. The molecular weight excluding hydrogens is 262 g/mol. The molecule has 0 aliphatic carbocycles. The Morgan fingerprint density at radius 2 is 2.00 bits per heavy atom. The second kappa shape index (κ2) is 3.99. The predicted octanol–water partition coefficient (Wildman–Crippen LogP) is 4.19. The quantitative estimate of drug-likeness (QED) is 0.731. The minimum absolute atomic E-state index is 0.150. The molecule has 0 amide bonds. The fourth-order valence-corrected chi connectivity index (χ4v) is 2.61. The molecule has 1 aromatic carbocycles. The van der Waals surface area contributed by atoms with E-state index in [1.807, 2.05) is 0 Å². The highest BCUT2D eigenvalue weighted by Gasteiger charge is 2.30. The molecule has 0 N–H and O–H groups in total. The van der Waals surface area contributed by atoms with E-state index in [9.17, 15) is 0 Å². The van der Waals surface area contributed by atoms with Gasteiger partial charge in [0.05, 0.1) is 0 Å². The van der Waals surface area contributed by atoms with E-state index in [1.165, 1.54) is 16.8 Å². The Kier molecular flexibility index (Phi) is 2.95. The largest absolute Gasteiger partial charge is 0.288 e. The van der Waals surface area contributed by atoms with Crippen LogP contribution in [0.4, 0.5) is 0 Å². The van der Waals surface area contributed by atoms with Crippen molar-refractivity contribution in [1.29, 1.82) is 0 Å². The van der Waals surface area contributed by atoms with Gasteiger partial charge in [0.25, 0.3) is 0 Å². The summed E-state index contributed by atoms with van der Waals surface area (Å²) in [5, 5.41) is 0. The second-order valence-corrected chi connectivity index (χ2v) is 6.35. The first kappa shape index (κ1) is 11.8. The van der Waals surface area contributed by atoms with Crippen molar-refractivity contribution in [3.8, 4) is 0 Å². The van der Waals surface area contributed by atoms with E-state index in [4.69, 9.17) is 4.99 Å². The summed E-state index contributed by atoms with van der Waals surface area (Å²) in [6.07, 6.45) is 0. The van der Waals surface area contributed by atoms with Crippen molar-refractivity contribution in [3.63, 3.8) is 0 Å². The number of nitrogens with zero attached hydrogens (tertiary/aromatic N) is 1. The first-order chi connectivity index (χ1) is 7.42. The highest BCUT2D eigenvalue weighted by Crippen LogP contribution is 2.34. The van der Waals surface area contributed by atoms with Gasteiger partial charge >= 0.3 is 0 Å². The highest BCUT2D eigenvalue weighted by molar-refractivity contribution is 9.10. The van der Waals surface area contributed by atoms with Crippen molar-refractivity contribution in [2.75, 3.05) is 6.54 Å². The molecule has 1 aliphatic rings. The van der Waals surface area contributed by atoms with E-state index >= 15 is 0 Å². The third-order valence-electron chi connectivity index (χ3n) is 3.18. The molecule has 0 radical (unpaired) electrons. The maximum absolute atomic E-state index is 4.75.